The molecule has 0 saturated carbocycles. The summed E-state index contributed by atoms with van der Waals surface area (Å²) in [7, 11) is -3.73. The number of sulfonamides is 1. The first-order valence-corrected chi connectivity index (χ1v) is 12.1. The van der Waals surface area contributed by atoms with Crippen LogP contribution < -0.4 is 5.32 Å². The zero-order valence-electron chi connectivity index (χ0n) is 18.8. The van der Waals surface area contributed by atoms with Gasteiger partial charge < -0.3 is 10.2 Å². The van der Waals surface area contributed by atoms with E-state index in [0.29, 0.717) is 26.2 Å². The number of piperazine rings is 1. The average Bonchev–Trinajstić information content (AvgIpc) is 2.78. The molecule has 0 radical (unpaired) electrons. The summed E-state index contributed by atoms with van der Waals surface area (Å²) >= 11 is 0. The number of alkyl halides is 3. The summed E-state index contributed by atoms with van der Waals surface area (Å²) in [5.41, 5.74) is -1.66. The van der Waals surface area contributed by atoms with Crippen LogP contribution in [0.15, 0.2) is 53.4 Å². The number of hydrogen-bond donors (Lipinski definition) is 1. The minimum absolute atomic E-state index is 0.0575. The summed E-state index contributed by atoms with van der Waals surface area (Å²) in [5.74, 6) is -0.548. The molecule has 1 N–H and O–H groups in total. The Kier molecular flexibility index (Phi) is 7.21. The van der Waals surface area contributed by atoms with E-state index in [4.69, 9.17) is 0 Å². The highest BCUT2D eigenvalue weighted by Gasteiger charge is 2.35. The van der Waals surface area contributed by atoms with Crippen LogP contribution in [0.4, 0.5) is 18.9 Å². The lowest BCUT2D eigenvalue weighted by Gasteiger charge is -2.33. The molecule has 1 saturated heterocycles. The molecule has 0 aliphatic carbocycles. The molecule has 1 heterocycles. The first-order chi connectivity index (χ1) is 15.4. The van der Waals surface area contributed by atoms with Gasteiger partial charge in [0.1, 0.15) is 0 Å². The third kappa shape index (κ3) is 5.56. The molecule has 10 heteroatoms. The number of amides is 1. The van der Waals surface area contributed by atoms with Crippen molar-refractivity contribution in [3.8, 4) is 0 Å². The number of halogens is 3. The minimum atomic E-state index is -4.52. The minimum Gasteiger partial charge on any atom is -0.325 e. The van der Waals surface area contributed by atoms with Gasteiger partial charge in [0.15, 0.2) is 0 Å². The fraction of sp³-hybridized carbons (Fsp3) is 0.435. The Hall–Kier alpha value is -2.43. The van der Waals surface area contributed by atoms with Crippen molar-refractivity contribution < 1.29 is 26.4 Å². The number of nitrogens with zero attached hydrogens (tertiary/aromatic N) is 2. The van der Waals surface area contributed by atoms with E-state index in [0.717, 1.165) is 18.7 Å². The Morgan fingerprint density at radius 3 is 2.18 bits per heavy atom. The van der Waals surface area contributed by atoms with Crippen molar-refractivity contribution in [1.82, 2.24) is 9.21 Å². The molecule has 0 atom stereocenters. The summed E-state index contributed by atoms with van der Waals surface area (Å²) in [5, 5.41) is 2.66. The SMILES string of the molecule is CCN1CCN(S(=O)(=O)c2cccc(NC(=O)C(C)(C)c3cccc(C(F)(F)F)c3)c2)CC1. The molecule has 33 heavy (non-hydrogen) atoms. The summed E-state index contributed by atoms with van der Waals surface area (Å²) in [4.78, 5) is 15.2. The molecule has 1 fully saturated rings. The van der Waals surface area contributed by atoms with Crippen LogP contribution in [0.3, 0.4) is 0 Å². The Labute approximate surface area is 192 Å². The number of hydrogen-bond acceptors (Lipinski definition) is 4. The molecule has 2 aromatic rings. The Morgan fingerprint density at radius 2 is 1.58 bits per heavy atom. The molecule has 1 aliphatic rings. The van der Waals surface area contributed by atoms with Gasteiger partial charge >= 0.3 is 6.18 Å². The van der Waals surface area contributed by atoms with Gasteiger partial charge in [0.25, 0.3) is 0 Å². The summed E-state index contributed by atoms with van der Waals surface area (Å²) in [6.45, 7) is 7.99. The van der Waals surface area contributed by atoms with E-state index < -0.39 is 33.1 Å². The van der Waals surface area contributed by atoms with Crippen molar-refractivity contribution in [1.29, 1.82) is 0 Å². The van der Waals surface area contributed by atoms with E-state index in [9.17, 15) is 26.4 Å². The maximum Gasteiger partial charge on any atom is 0.416 e. The molecule has 2 aromatic carbocycles. The van der Waals surface area contributed by atoms with Crippen molar-refractivity contribution >= 4 is 21.6 Å². The van der Waals surface area contributed by atoms with Crippen molar-refractivity contribution in [3.63, 3.8) is 0 Å². The largest absolute Gasteiger partial charge is 0.416 e. The molecule has 1 aliphatic heterocycles. The quantitative estimate of drug-likeness (QED) is 0.676. The van der Waals surface area contributed by atoms with Crippen LogP contribution in [0.25, 0.3) is 0 Å². The zero-order valence-corrected chi connectivity index (χ0v) is 19.6. The second kappa shape index (κ2) is 9.44. The number of benzene rings is 2. The number of likely N-dealkylation sites (N-methyl/N-ethyl adjacent to an activating group) is 1. The standard InChI is InChI=1S/C23H28F3N3O3S/c1-4-28-11-13-29(14-12-28)33(31,32)20-10-6-9-19(16-20)27-21(30)22(2,3)17-7-5-8-18(15-17)23(24,25)26/h5-10,15-16H,4,11-14H2,1-3H3,(H,27,30). The summed E-state index contributed by atoms with van der Waals surface area (Å²) < 4.78 is 66.8. The molecule has 3 rings (SSSR count). The number of carbonyl (C=O) groups is 1. The van der Waals surface area contributed by atoms with Crippen LogP contribution in [0, 0.1) is 0 Å². The Bertz CT molecular complexity index is 1110. The van der Waals surface area contributed by atoms with Crippen LogP contribution in [-0.4, -0.2) is 56.3 Å². The molecular weight excluding hydrogens is 455 g/mol. The Morgan fingerprint density at radius 1 is 0.970 bits per heavy atom. The van der Waals surface area contributed by atoms with Crippen LogP contribution >= 0.6 is 0 Å². The highest BCUT2D eigenvalue weighted by molar-refractivity contribution is 7.89. The Balaban J connectivity index is 1.79. The molecule has 0 bridgehead atoms. The lowest BCUT2D eigenvalue weighted by molar-refractivity contribution is -0.137. The highest BCUT2D eigenvalue weighted by Crippen LogP contribution is 2.33. The smallest absolute Gasteiger partial charge is 0.325 e. The van der Waals surface area contributed by atoms with Gasteiger partial charge in [-0.05, 0) is 50.2 Å². The fourth-order valence-corrected chi connectivity index (χ4v) is 5.14. The van der Waals surface area contributed by atoms with Gasteiger partial charge in [-0.2, -0.15) is 17.5 Å². The maximum absolute atomic E-state index is 13.1. The van der Waals surface area contributed by atoms with E-state index in [1.54, 1.807) is 6.07 Å². The van der Waals surface area contributed by atoms with Gasteiger partial charge in [-0.3, -0.25) is 4.79 Å². The molecule has 0 unspecified atom stereocenters. The van der Waals surface area contributed by atoms with Gasteiger partial charge in [0.2, 0.25) is 15.9 Å². The molecule has 1 amide bonds. The topological polar surface area (TPSA) is 69.7 Å². The highest BCUT2D eigenvalue weighted by atomic mass is 32.2. The average molecular weight is 484 g/mol. The normalized spacial score (nSPS) is 16.5. The molecule has 180 valence electrons. The van der Waals surface area contributed by atoms with Gasteiger partial charge in [0.05, 0.1) is 15.9 Å². The van der Waals surface area contributed by atoms with E-state index in [-0.39, 0.29) is 16.1 Å². The van der Waals surface area contributed by atoms with Gasteiger partial charge in [-0.25, -0.2) is 8.42 Å². The monoisotopic (exact) mass is 483 g/mol. The number of rotatable bonds is 6. The molecule has 0 aromatic heterocycles. The van der Waals surface area contributed by atoms with Crippen molar-refractivity contribution in [2.24, 2.45) is 0 Å². The first-order valence-electron chi connectivity index (χ1n) is 10.7. The lowest BCUT2D eigenvalue weighted by atomic mass is 9.83. The predicted molar refractivity (Wildman–Crippen MR) is 120 cm³/mol. The predicted octanol–water partition coefficient (Wildman–Crippen LogP) is 3.95. The first kappa shape index (κ1) is 25.2. The van der Waals surface area contributed by atoms with Crippen LogP contribution in [-0.2, 0) is 26.4 Å². The van der Waals surface area contributed by atoms with E-state index in [1.807, 2.05) is 6.92 Å². The molecular formula is C23H28F3N3O3S. The molecule has 0 spiro atoms. The second-order valence-electron chi connectivity index (χ2n) is 8.52. The van der Waals surface area contributed by atoms with Crippen LogP contribution in [0.1, 0.15) is 31.9 Å². The third-order valence-corrected chi connectivity index (χ3v) is 7.88. The number of nitrogens with one attached hydrogen (secondary N) is 1. The van der Waals surface area contributed by atoms with Gasteiger partial charge in [-0.15, -0.1) is 0 Å². The van der Waals surface area contributed by atoms with Crippen LogP contribution in [0.2, 0.25) is 0 Å². The van der Waals surface area contributed by atoms with Crippen molar-refractivity contribution in [3.05, 3.63) is 59.7 Å². The van der Waals surface area contributed by atoms with Gasteiger partial charge in [0, 0.05) is 31.9 Å². The molecule has 6 nitrogen and oxygen atoms in total. The van der Waals surface area contributed by atoms with Crippen LogP contribution in [0.5, 0.6) is 0 Å². The number of anilines is 1. The maximum atomic E-state index is 13.1. The number of carbonyl (C=O) groups excluding carboxylic acids is 1. The van der Waals surface area contributed by atoms with Crippen molar-refractivity contribution in [2.45, 2.75) is 37.3 Å². The van der Waals surface area contributed by atoms with Gasteiger partial charge in [-0.1, -0.05) is 31.2 Å². The third-order valence-electron chi connectivity index (χ3n) is 5.99. The summed E-state index contributed by atoms with van der Waals surface area (Å²) in [6, 6.07) is 10.6. The van der Waals surface area contributed by atoms with E-state index >= 15 is 0 Å². The summed E-state index contributed by atoms with van der Waals surface area (Å²) in [6.07, 6.45) is -4.52. The van der Waals surface area contributed by atoms with Crippen molar-refractivity contribution in [2.75, 3.05) is 38.0 Å². The second-order valence-corrected chi connectivity index (χ2v) is 10.5. The zero-order chi connectivity index (χ0) is 24.4. The fourth-order valence-electron chi connectivity index (χ4n) is 3.67. The van der Waals surface area contributed by atoms with E-state index in [1.165, 1.54) is 48.5 Å². The van der Waals surface area contributed by atoms with E-state index in [2.05, 4.69) is 10.2 Å². The lowest BCUT2D eigenvalue weighted by Crippen LogP contribution is -2.48.